The van der Waals surface area contributed by atoms with Crippen molar-refractivity contribution in [3.05, 3.63) is 23.8 Å². The second-order valence-electron chi connectivity index (χ2n) is 7.85. The van der Waals surface area contributed by atoms with E-state index in [-0.39, 0.29) is 11.8 Å². The third-order valence-corrected chi connectivity index (χ3v) is 4.50. The molecular formula is C20H31N3O2. The highest BCUT2D eigenvalue weighted by Gasteiger charge is 2.20. The maximum atomic E-state index is 12.1. The second kappa shape index (κ2) is 8.37. The summed E-state index contributed by atoms with van der Waals surface area (Å²) in [6, 6.07) is 6.21. The third-order valence-electron chi connectivity index (χ3n) is 4.50. The van der Waals surface area contributed by atoms with Crippen LogP contribution in [0.2, 0.25) is 0 Å². The lowest BCUT2D eigenvalue weighted by atomic mass is 9.96. The smallest absolute Gasteiger partial charge is 0.225 e. The van der Waals surface area contributed by atoms with Gasteiger partial charge in [0.2, 0.25) is 11.8 Å². The molecule has 0 atom stereocenters. The molecule has 5 nitrogen and oxygen atoms in total. The van der Waals surface area contributed by atoms with E-state index in [0.717, 1.165) is 24.3 Å². The number of aryl methyl sites for hydroxylation is 1. The Kier molecular flexibility index (Phi) is 6.45. The van der Waals surface area contributed by atoms with Gasteiger partial charge in [-0.1, -0.05) is 20.8 Å². The molecule has 0 aromatic heterocycles. The molecule has 138 valence electrons. The average Bonchev–Trinajstić information content (AvgIpc) is 3.06. The Morgan fingerprint density at radius 1 is 1.16 bits per heavy atom. The minimum absolute atomic E-state index is 0.0120. The van der Waals surface area contributed by atoms with Crippen LogP contribution in [0.5, 0.6) is 0 Å². The highest BCUT2D eigenvalue weighted by atomic mass is 16.2. The van der Waals surface area contributed by atoms with Crippen molar-refractivity contribution in [3.8, 4) is 0 Å². The molecule has 5 heteroatoms. The van der Waals surface area contributed by atoms with Crippen LogP contribution in [0.1, 0.15) is 52.0 Å². The molecule has 2 N–H and O–H groups in total. The number of carbonyl (C=O) groups excluding carboxylic acids is 2. The molecule has 1 aromatic rings. The molecule has 1 saturated heterocycles. The number of hydrogen-bond acceptors (Lipinski definition) is 3. The van der Waals surface area contributed by atoms with Crippen LogP contribution in [0.3, 0.4) is 0 Å². The lowest BCUT2D eigenvalue weighted by Crippen LogP contribution is -2.35. The van der Waals surface area contributed by atoms with Gasteiger partial charge in [-0.2, -0.15) is 0 Å². The van der Waals surface area contributed by atoms with E-state index in [4.69, 9.17) is 0 Å². The zero-order valence-electron chi connectivity index (χ0n) is 15.9. The number of hydrogen-bond donors (Lipinski definition) is 2. The standard InChI is InChI=1S/C20H31N3O2/c1-15-14-16(23-12-5-6-13-23)9-10-17(15)22-18(24)8-7-11-21-19(25)20(2,3)4/h9-10,14H,5-8,11-13H2,1-4H3,(H,21,25)(H,22,24). The Labute approximate surface area is 151 Å². The molecule has 1 heterocycles. The highest BCUT2D eigenvalue weighted by molar-refractivity contribution is 5.91. The summed E-state index contributed by atoms with van der Waals surface area (Å²) in [5, 5.41) is 5.84. The molecule has 25 heavy (non-hydrogen) atoms. The van der Waals surface area contributed by atoms with E-state index in [1.165, 1.54) is 18.5 Å². The molecule has 0 saturated carbocycles. The van der Waals surface area contributed by atoms with Gasteiger partial charge in [0, 0.05) is 42.8 Å². The van der Waals surface area contributed by atoms with Crippen molar-refractivity contribution in [1.29, 1.82) is 0 Å². The van der Waals surface area contributed by atoms with Crippen molar-refractivity contribution in [2.24, 2.45) is 5.41 Å². The first-order chi connectivity index (χ1) is 11.8. The molecule has 2 rings (SSSR count). The van der Waals surface area contributed by atoms with Crippen LogP contribution in [0.4, 0.5) is 11.4 Å². The van der Waals surface area contributed by atoms with Crippen molar-refractivity contribution in [2.75, 3.05) is 29.9 Å². The fourth-order valence-corrected chi connectivity index (χ4v) is 2.89. The van der Waals surface area contributed by atoms with E-state index >= 15 is 0 Å². The number of nitrogens with zero attached hydrogens (tertiary/aromatic N) is 1. The van der Waals surface area contributed by atoms with Gasteiger partial charge in [0.15, 0.2) is 0 Å². The molecular weight excluding hydrogens is 314 g/mol. The molecule has 0 bridgehead atoms. The Morgan fingerprint density at radius 2 is 1.84 bits per heavy atom. The quantitative estimate of drug-likeness (QED) is 0.776. The van der Waals surface area contributed by atoms with Gasteiger partial charge >= 0.3 is 0 Å². The van der Waals surface area contributed by atoms with Gasteiger partial charge in [0.1, 0.15) is 0 Å². The van der Waals surface area contributed by atoms with Crippen LogP contribution in [-0.2, 0) is 9.59 Å². The zero-order valence-corrected chi connectivity index (χ0v) is 15.9. The predicted molar refractivity (Wildman–Crippen MR) is 103 cm³/mol. The van der Waals surface area contributed by atoms with Crippen molar-refractivity contribution in [1.82, 2.24) is 5.32 Å². The van der Waals surface area contributed by atoms with Crippen LogP contribution in [0, 0.1) is 12.3 Å². The summed E-state index contributed by atoms with van der Waals surface area (Å²) in [6.45, 7) is 10.4. The molecule has 0 aliphatic carbocycles. The van der Waals surface area contributed by atoms with E-state index in [0.29, 0.717) is 19.4 Å². The van der Waals surface area contributed by atoms with Crippen molar-refractivity contribution < 1.29 is 9.59 Å². The minimum atomic E-state index is -0.392. The fraction of sp³-hybridized carbons (Fsp3) is 0.600. The topological polar surface area (TPSA) is 61.4 Å². The van der Waals surface area contributed by atoms with Crippen LogP contribution in [0.25, 0.3) is 0 Å². The number of rotatable bonds is 6. The molecule has 2 amide bonds. The lowest BCUT2D eigenvalue weighted by molar-refractivity contribution is -0.128. The van der Waals surface area contributed by atoms with Crippen LogP contribution in [0.15, 0.2) is 18.2 Å². The summed E-state index contributed by atoms with van der Waals surface area (Å²) in [6.07, 6.45) is 3.54. The first-order valence-electron chi connectivity index (χ1n) is 9.21. The summed E-state index contributed by atoms with van der Waals surface area (Å²) >= 11 is 0. The first kappa shape index (κ1) is 19.3. The monoisotopic (exact) mass is 345 g/mol. The molecule has 1 aromatic carbocycles. The number of nitrogens with one attached hydrogen (secondary N) is 2. The summed E-state index contributed by atoms with van der Waals surface area (Å²) in [7, 11) is 0. The SMILES string of the molecule is Cc1cc(N2CCCC2)ccc1NC(=O)CCCNC(=O)C(C)(C)C. The van der Waals surface area contributed by atoms with Crippen LogP contribution in [-0.4, -0.2) is 31.4 Å². The van der Waals surface area contributed by atoms with Gasteiger partial charge in [-0.05, 0) is 49.9 Å². The zero-order chi connectivity index (χ0) is 18.4. The molecule has 0 radical (unpaired) electrons. The number of amides is 2. The second-order valence-corrected chi connectivity index (χ2v) is 7.85. The number of benzene rings is 1. The maximum Gasteiger partial charge on any atom is 0.225 e. The molecule has 1 aliphatic heterocycles. The normalized spacial score (nSPS) is 14.5. The van der Waals surface area contributed by atoms with E-state index < -0.39 is 5.41 Å². The fourth-order valence-electron chi connectivity index (χ4n) is 2.89. The van der Waals surface area contributed by atoms with Gasteiger partial charge in [0.05, 0.1) is 0 Å². The van der Waals surface area contributed by atoms with E-state index in [9.17, 15) is 9.59 Å². The van der Waals surface area contributed by atoms with E-state index in [1.807, 2.05) is 33.8 Å². The summed E-state index contributed by atoms with van der Waals surface area (Å²) in [5.41, 5.74) is 2.79. The van der Waals surface area contributed by atoms with Gasteiger partial charge in [0.25, 0.3) is 0 Å². The maximum absolute atomic E-state index is 12.1. The highest BCUT2D eigenvalue weighted by Crippen LogP contribution is 2.25. The van der Waals surface area contributed by atoms with E-state index in [2.05, 4.69) is 27.7 Å². The predicted octanol–water partition coefficient (Wildman–Crippen LogP) is 3.48. The van der Waals surface area contributed by atoms with Gasteiger partial charge < -0.3 is 15.5 Å². The minimum Gasteiger partial charge on any atom is -0.372 e. The third kappa shape index (κ3) is 5.76. The van der Waals surface area contributed by atoms with Crippen molar-refractivity contribution in [3.63, 3.8) is 0 Å². The Hall–Kier alpha value is -2.04. The number of anilines is 2. The van der Waals surface area contributed by atoms with Gasteiger partial charge in [-0.3, -0.25) is 9.59 Å². The Balaban J connectivity index is 1.77. The summed E-state index contributed by atoms with van der Waals surface area (Å²) in [4.78, 5) is 26.3. The van der Waals surface area contributed by atoms with Crippen molar-refractivity contribution in [2.45, 2.75) is 53.4 Å². The average molecular weight is 345 g/mol. The molecule has 0 unspecified atom stereocenters. The Morgan fingerprint density at radius 3 is 2.44 bits per heavy atom. The lowest BCUT2D eigenvalue weighted by Gasteiger charge is -2.19. The van der Waals surface area contributed by atoms with Crippen LogP contribution < -0.4 is 15.5 Å². The first-order valence-corrected chi connectivity index (χ1v) is 9.21. The van der Waals surface area contributed by atoms with Crippen LogP contribution >= 0.6 is 0 Å². The summed E-state index contributed by atoms with van der Waals surface area (Å²) in [5.74, 6) is 0.00304. The largest absolute Gasteiger partial charge is 0.372 e. The van der Waals surface area contributed by atoms with Gasteiger partial charge in [-0.15, -0.1) is 0 Å². The summed E-state index contributed by atoms with van der Waals surface area (Å²) < 4.78 is 0. The van der Waals surface area contributed by atoms with Gasteiger partial charge in [-0.25, -0.2) is 0 Å². The van der Waals surface area contributed by atoms with E-state index in [1.54, 1.807) is 0 Å². The number of carbonyl (C=O) groups is 2. The van der Waals surface area contributed by atoms with Crippen molar-refractivity contribution >= 4 is 23.2 Å². The molecule has 1 fully saturated rings. The molecule has 1 aliphatic rings. The molecule has 0 spiro atoms. The Bertz CT molecular complexity index is 614.